The molecule has 0 atom stereocenters. The fourth-order valence-electron chi connectivity index (χ4n) is 2.38. The molecule has 1 aromatic heterocycles. The number of rotatable bonds is 5. The zero-order valence-corrected chi connectivity index (χ0v) is 15.6. The molecular formula is C19H18ClN3OS. The first-order chi connectivity index (χ1) is 12.1. The third-order valence-corrected chi connectivity index (χ3v) is 5.03. The number of para-hydroxylation sites is 1. The van der Waals surface area contributed by atoms with E-state index in [0.717, 1.165) is 27.7 Å². The van der Waals surface area contributed by atoms with E-state index in [1.54, 1.807) is 22.6 Å². The zero-order valence-electron chi connectivity index (χ0n) is 14.0. The molecule has 0 unspecified atom stereocenters. The minimum absolute atomic E-state index is 0.152. The molecule has 2 aromatic carbocycles. The Balaban J connectivity index is 1.81. The Bertz CT molecular complexity index is 890. The van der Waals surface area contributed by atoms with Crippen molar-refractivity contribution in [1.82, 2.24) is 9.78 Å². The number of anilines is 1. The van der Waals surface area contributed by atoms with Gasteiger partial charge in [-0.2, -0.15) is 5.10 Å². The van der Waals surface area contributed by atoms with Crippen molar-refractivity contribution in [2.45, 2.75) is 30.2 Å². The van der Waals surface area contributed by atoms with Crippen LogP contribution in [0, 0.1) is 6.92 Å². The monoisotopic (exact) mass is 371 g/mol. The molecule has 25 heavy (non-hydrogen) atoms. The number of hydrogen-bond donors (Lipinski definition) is 1. The molecule has 1 heterocycles. The van der Waals surface area contributed by atoms with Crippen molar-refractivity contribution in [2.24, 2.45) is 0 Å². The molecule has 0 aliphatic heterocycles. The molecular weight excluding hydrogens is 354 g/mol. The molecule has 0 bridgehead atoms. The normalized spacial score (nSPS) is 10.7. The van der Waals surface area contributed by atoms with Crippen LogP contribution >= 0.6 is 23.4 Å². The first kappa shape index (κ1) is 17.6. The smallest absolute Gasteiger partial charge is 0.259 e. The first-order valence-corrected chi connectivity index (χ1v) is 9.14. The Morgan fingerprint density at radius 1 is 1.20 bits per heavy atom. The highest BCUT2D eigenvalue weighted by atomic mass is 35.5. The van der Waals surface area contributed by atoms with Gasteiger partial charge in [0.25, 0.3) is 5.91 Å². The molecule has 128 valence electrons. The Morgan fingerprint density at radius 2 is 1.92 bits per heavy atom. The van der Waals surface area contributed by atoms with Crippen LogP contribution < -0.4 is 5.32 Å². The summed E-state index contributed by atoms with van der Waals surface area (Å²) in [5.74, 6) is -0.152. The number of aryl methyl sites for hydroxylation is 2. The SMILES string of the molecule is CCn1cc(C(=O)Nc2ccccc2Sc2ccc(Cl)cc2)c(C)n1. The van der Waals surface area contributed by atoms with Gasteiger partial charge < -0.3 is 5.32 Å². The summed E-state index contributed by atoms with van der Waals surface area (Å²) >= 11 is 7.52. The van der Waals surface area contributed by atoms with Crippen LogP contribution in [0.1, 0.15) is 23.0 Å². The molecule has 0 aliphatic rings. The van der Waals surface area contributed by atoms with Gasteiger partial charge in [0.15, 0.2) is 0 Å². The van der Waals surface area contributed by atoms with Gasteiger partial charge in [-0.1, -0.05) is 35.5 Å². The van der Waals surface area contributed by atoms with Gasteiger partial charge in [0.2, 0.25) is 0 Å². The third kappa shape index (κ3) is 4.24. The van der Waals surface area contributed by atoms with Gasteiger partial charge in [-0.15, -0.1) is 0 Å². The van der Waals surface area contributed by atoms with Gasteiger partial charge in [0.05, 0.1) is 16.9 Å². The van der Waals surface area contributed by atoms with E-state index in [2.05, 4.69) is 10.4 Å². The molecule has 0 radical (unpaired) electrons. The fourth-order valence-corrected chi connectivity index (χ4v) is 3.41. The lowest BCUT2D eigenvalue weighted by molar-refractivity contribution is 0.102. The Labute approximate surface area is 156 Å². The second-order valence-electron chi connectivity index (χ2n) is 5.49. The van der Waals surface area contributed by atoms with Crippen molar-refractivity contribution < 1.29 is 4.79 Å². The summed E-state index contributed by atoms with van der Waals surface area (Å²) in [5, 5.41) is 8.03. The van der Waals surface area contributed by atoms with Crippen molar-refractivity contribution in [2.75, 3.05) is 5.32 Å². The summed E-state index contributed by atoms with van der Waals surface area (Å²) in [5.41, 5.74) is 2.09. The summed E-state index contributed by atoms with van der Waals surface area (Å²) in [7, 11) is 0. The molecule has 0 saturated carbocycles. The quantitative estimate of drug-likeness (QED) is 0.664. The number of halogens is 1. The van der Waals surface area contributed by atoms with E-state index in [4.69, 9.17) is 11.6 Å². The topological polar surface area (TPSA) is 46.9 Å². The number of nitrogens with zero attached hydrogens (tertiary/aromatic N) is 2. The fraction of sp³-hybridized carbons (Fsp3) is 0.158. The lowest BCUT2D eigenvalue weighted by Crippen LogP contribution is -2.13. The van der Waals surface area contributed by atoms with Crippen LogP contribution in [0.4, 0.5) is 5.69 Å². The van der Waals surface area contributed by atoms with E-state index in [-0.39, 0.29) is 5.91 Å². The van der Waals surface area contributed by atoms with Gasteiger partial charge in [0.1, 0.15) is 0 Å². The molecule has 6 heteroatoms. The lowest BCUT2D eigenvalue weighted by Gasteiger charge is -2.10. The van der Waals surface area contributed by atoms with E-state index < -0.39 is 0 Å². The molecule has 1 amide bonds. The molecule has 1 N–H and O–H groups in total. The van der Waals surface area contributed by atoms with E-state index in [0.29, 0.717) is 10.6 Å². The average molecular weight is 372 g/mol. The second kappa shape index (κ2) is 7.76. The van der Waals surface area contributed by atoms with Crippen LogP contribution in [-0.2, 0) is 6.54 Å². The maximum atomic E-state index is 12.6. The van der Waals surface area contributed by atoms with Crippen LogP contribution in [0.2, 0.25) is 5.02 Å². The molecule has 0 aliphatic carbocycles. The van der Waals surface area contributed by atoms with Crippen molar-refractivity contribution >= 4 is 35.0 Å². The maximum absolute atomic E-state index is 12.6. The number of carbonyl (C=O) groups excluding carboxylic acids is 1. The number of amides is 1. The highest BCUT2D eigenvalue weighted by molar-refractivity contribution is 7.99. The molecule has 0 saturated heterocycles. The van der Waals surface area contributed by atoms with Gasteiger partial charge in [-0.3, -0.25) is 9.48 Å². The van der Waals surface area contributed by atoms with Crippen LogP contribution in [0.5, 0.6) is 0 Å². The standard InChI is InChI=1S/C19H18ClN3OS/c1-3-23-12-16(13(2)22-23)19(24)21-17-6-4-5-7-18(17)25-15-10-8-14(20)9-11-15/h4-12H,3H2,1-2H3,(H,21,24). The van der Waals surface area contributed by atoms with Crippen molar-refractivity contribution in [3.8, 4) is 0 Å². The number of nitrogens with one attached hydrogen (secondary N) is 1. The van der Waals surface area contributed by atoms with Gasteiger partial charge in [0, 0.05) is 27.6 Å². The summed E-state index contributed by atoms with van der Waals surface area (Å²) < 4.78 is 1.76. The number of benzene rings is 2. The number of hydrogen-bond acceptors (Lipinski definition) is 3. The van der Waals surface area contributed by atoms with Gasteiger partial charge in [-0.25, -0.2) is 0 Å². The van der Waals surface area contributed by atoms with Crippen LogP contribution in [-0.4, -0.2) is 15.7 Å². The van der Waals surface area contributed by atoms with Gasteiger partial charge >= 0.3 is 0 Å². The summed E-state index contributed by atoms with van der Waals surface area (Å²) in [6.45, 7) is 4.57. The van der Waals surface area contributed by atoms with Crippen molar-refractivity contribution in [3.63, 3.8) is 0 Å². The minimum Gasteiger partial charge on any atom is -0.321 e. The van der Waals surface area contributed by atoms with E-state index in [9.17, 15) is 4.79 Å². The highest BCUT2D eigenvalue weighted by Crippen LogP contribution is 2.34. The van der Waals surface area contributed by atoms with Crippen LogP contribution in [0.3, 0.4) is 0 Å². The van der Waals surface area contributed by atoms with Crippen molar-refractivity contribution in [1.29, 1.82) is 0 Å². The molecule has 0 spiro atoms. The third-order valence-electron chi connectivity index (χ3n) is 3.69. The molecule has 4 nitrogen and oxygen atoms in total. The van der Waals surface area contributed by atoms with E-state index in [1.165, 1.54) is 0 Å². The lowest BCUT2D eigenvalue weighted by atomic mass is 10.2. The second-order valence-corrected chi connectivity index (χ2v) is 7.04. The molecule has 3 aromatic rings. The summed E-state index contributed by atoms with van der Waals surface area (Å²) in [6.07, 6.45) is 1.78. The minimum atomic E-state index is -0.152. The molecule has 0 fully saturated rings. The van der Waals surface area contributed by atoms with Crippen LogP contribution in [0.25, 0.3) is 0 Å². The summed E-state index contributed by atoms with van der Waals surface area (Å²) in [4.78, 5) is 14.6. The predicted octanol–water partition coefficient (Wildman–Crippen LogP) is 5.27. The van der Waals surface area contributed by atoms with E-state index >= 15 is 0 Å². The maximum Gasteiger partial charge on any atom is 0.259 e. The molecule has 3 rings (SSSR count). The largest absolute Gasteiger partial charge is 0.321 e. The Morgan fingerprint density at radius 3 is 2.60 bits per heavy atom. The predicted molar refractivity (Wildman–Crippen MR) is 103 cm³/mol. The number of carbonyl (C=O) groups is 1. The Kier molecular flexibility index (Phi) is 5.46. The average Bonchev–Trinajstić information content (AvgIpc) is 3.00. The first-order valence-electron chi connectivity index (χ1n) is 7.94. The Hall–Kier alpha value is -2.24. The number of aromatic nitrogens is 2. The van der Waals surface area contributed by atoms with E-state index in [1.807, 2.05) is 62.4 Å². The highest BCUT2D eigenvalue weighted by Gasteiger charge is 2.15. The van der Waals surface area contributed by atoms with Crippen LogP contribution in [0.15, 0.2) is 64.5 Å². The van der Waals surface area contributed by atoms with Crippen molar-refractivity contribution in [3.05, 3.63) is 71.0 Å². The summed E-state index contributed by atoms with van der Waals surface area (Å²) in [6, 6.07) is 15.4. The van der Waals surface area contributed by atoms with Gasteiger partial charge in [-0.05, 0) is 50.2 Å². The zero-order chi connectivity index (χ0) is 17.8.